The zero-order chi connectivity index (χ0) is 18.0. The van der Waals surface area contributed by atoms with Crippen LogP contribution >= 0.6 is 12.4 Å². The molecule has 0 radical (unpaired) electrons. The van der Waals surface area contributed by atoms with Crippen LogP contribution in [0.25, 0.3) is 0 Å². The number of anilines is 2. The van der Waals surface area contributed by atoms with Crippen molar-refractivity contribution < 1.29 is 9.59 Å². The van der Waals surface area contributed by atoms with Crippen LogP contribution in [0, 0.1) is 0 Å². The van der Waals surface area contributed by atoms with Gasteiger partial charge in [0, 0.05) is 36.7 Å². The Morgan fingerprint density at radius 2 is 2.04 bits per heavy atom. The van der Waals surface area contributed by atoms with Gasteiger partial charge < -0.3 is 15.5 Å². The molecule has 0 aliphatic carbocycles. The first-order valence-electron chi connectivity index (χ1n) is 9.12. The van der Waals surface area contributed by atoms with Crippen LogP contribution in [0.15, 0.2) is 42.7 Å². The molecule has 0 atom stereocenters. The molecule has 0 unspecified atom stereocenters. The van der Waals surface area contributed by atoms with Gasteiger partial charge in [-0.15, -0.1) is 12.4 Å². The second kappa shape index (κ2) is 8.10. The molecule has 2 aromatic rings. The average Bonchev–Trinajstić information content (AvgIpc) is 3.34. The molecule has 7 nitrogen and oxygen atoms in total. The molecular weight excluding hydrogens is 366 g/mol. The van der Waals surface area contributed by atoms with E-state index < -0.39 is 5.54 Å². The Kier molecular flexibility index (Phi) is 5.82. The highest BCUT2D eigenvalue weighted by Crippen LogP contribution is 2.30. The van der Waals surface area contributed by atoms with E-state index in [2.05, 4.69) is 15.7 Å². The van der Waals surface area contributed by atoms with Crippen LogP contribution in [0.1, 0.15) is 25.7 Å². The first-order valence-corrected chi connectivity index (χ1v) is 9.12. The Morgan fingerprint density at radius 1 is 1.22 bits per heavy atom. The molecule has 2 aliphatic heterocycles. The maximum absolute atomic E-state index is 13.2. The van der Waals surface area contributed by atoms with Crippen LogP contribution in [0.4, 0.5) is 11.4 Å². The molecule has 3 heterocycles. The van der Waals surface area contributed by atoms with Crippen molar-refractivity contribution in [2.75, 3.05) is 29.9 Å². The number of hydrogen-bond acceptors (Lipinski definition) is 4. The monoisotopic (exact) mass is 389 g/mol. The topological polar surface area (TPSA) is 79.3 Å². The number of nitrogens with zero attached hydrogens (tertiary/aromatic N) is 3. The number of benzene rings is 1. The third-order valence-electron chi connectivity index (χ3n) is 5.29. The van der Waals surface area contributed by atoms with Crippen molar-refractivity contribution in [1.82, 2.24) is 15.1 Å². The largest absolute Gasteiger partial charge is 0.324 e. The molecule has 1 aromatic carbocycles. The third kappa shape index (κ3) is 3.70. The summed E-state index contributed by atoms with van der Waals surface area (Å²) in [5.74, 6) is 0.0763. The lowest BCUT2D eigenvalue weighted by molar-refractivity contribution is -0.126. The first-order chi connectivity index (χ1) is 12.7. The minimum absolute atomic E-state index is 0. The highest BCUT2D eigenvalue weighted by molar-refractivity contribution is 5.99. The van der Waals surface area contributed by atoms with Crippen LogP contribution in [-0.4, -0.2) is 41.2 Å². The van der Waals surface area contributed by atoms with E-state index in [4.69, 9.17) is 0 Å². The van der Waals surface area contributed by atoms with E-state index in [1.54, 1.807) is 15.8 Å². The Labute approximate surface area is 164 Å². The highest BCUT2D eigenvalue weighted by Gasteiger charge is 2.42. The first kappa shape index (κ1) is 19.4. The zero-order valence-electron chi connectivity index (χ0n) is 15.1. The van der Waals surface area contributed by atoms with Crippen molar-refractivity contribution >= 4 is 35.6 Å². The molecule has 8 heteroatoms. The third-order valence-corrected chi connectivity index (χ3v) is 5.29. The average molecular weight is 390 g/mol. The summed E-state index contributed by atoms with van der Waals surface area (Å²) in [4.78, 5) is 27.0. The standard InChI is InChI=1S/C19H23N5O2.ClH/c25-17-6-2-12-23(17)16-5-1-4-15(14-16)22-18(26)19(7-10-20-11-8-19)24-13-3-9-21-24;/h1,3-5,9,13-14,20H,2,6-8,10-12H2,(H,22,26);1H. The van der Waals surface area contributed by atoms with Gasteiger partial charge in [-0.05, 0) is 56.6 Å². The van der Waals surface area contributed by atoms with Crippen LogP contribution in [0.2, 0.25) is 0 Å². The van der Waals surface area contributed by atoms with Crippen LogP contribution in [0.5, 0.6) is 0 Å². The number of carbonyl (C=O) groups excluding carboxylic acids is 2. The van der Waals surface area contributed by atoms with Crippen LogP contribution < -0.4 is 15.5 Å². The summed E-state index contributed by atoms with van der Waals surface area (Å²) in [5, 5.41) is 10.7. The van der Waals surface area contributed by atoms with Crippen molar-refractivity contribution in [2.45, 2.75) is 31.2 Å². The molecule has 2 amide bonds. The Morgan fingerprint density at radius 3 is 2.70 bits per heavy atom. The number of hydrogen-bond donors (Lipinski definition) is 2. The summed E-state index contributed by atoms with van der Waals surface area (Å²) in [6.07, 6.45) is 6.40. The smallest absolute Gasteiger partial charge is 0.252 e. The van der Waals surface area contributed by atoms with Gasteiger partial charge >= 0.3 is 0 Å². The highest BCUT2D eigenvalue weighted by atomic mass is 35.5. The molecule has 2 fully saturated rings. The summed E-state index contributed by atoms with van der Waals surface area (Å²) in [6, 6.07) is 9.36. The molecule has 0 spiro atoms. The van der Waals surface area contributed by atoms with Crippen molar-refractivity contribution in [1.29, 1.82) is 0 Å². The van der Waals surface area contributed by atoms with Crippen LogP contribution in [-0.2, 0) is 15.1 Å². The van der Waals surface area contributed by atoms with Gasteiger partial charge in [-0.3, -0.25) is 14.3 Å². The number of aromatic nitrogens is 2. The predicted molar refractivity (Wildman–Crippen MR) is 106 cm³/mol. The van der Waals surface area contributed by atoms with Crippen molar-refractivity contribution in [3.63, 3.8) is 0 Å². The van der Waals surface area contributed by atoms with Gasteiger partial charge in [0.15, 0.2) is 0 Å². The van der Waals surface area contributed by atoms with Gasteiger partial charge in [-0.1, -0.05) is 6.07 Å². The second-order valence-electron chi connectivity index (χ2n) is 6.89. The van der Waals surface area contributed by atoms with Crippen molar-refractivity contribution in [3.05, 3.63) is 42.7 Å². The maximum atomic E-state index is 13.2. The van der Waals surface area contributed by atoms with E-state index in [9.17, 15) is 9.59 Å². The fourth-order valence-electron chi connectivity index (χ4n) is 3.84. The molecule has 0 saturated carbocycles. The molecule has 2 N–H and O–H groups in total. The Balaban J connectivity index is 0.00000210. The van der Waals surface area contributed by atoms with Gasteiger partial charge in [-0.25, -0.2) is 0 Å². The number of amides is 2. The van der Waals surface area contributed by atoms with E-state index in [0.29, 0.717) is 24.9 Å². The predicted octanol–water partition coefficient (Wildman–Crippen LogP) is 2.15. The fraction of sp³-hybridized carbons (Fsp3) is 0.421. The van der Waals surface area contributed by atoms with Gasteiger partial charge in [0.25, 0.3) is 5.91 Å². The molecule has 0 bridgehead atoms. The normalized spacial score (nSPS) is 18.8. The van der Waals surface area contributed by atoms with Crippen molar-refractivity contribution in [3.8, 4) is 0 Å². The molecular formula is C19H24ClN5O2. The lowest BCUT2D eigenvalue weighted by atomic mass is 9.87. The molecule has 2 saturated heterocycles. The van der Waals surface area contributed by atoms with Crippen molar-refractivity contribution in [2.24, 2.45) is 0 Å². The van der Waals surface area contributed by atoms with Crippen LogP contribution in [0.3, 0.4) is 0 Å². The fourth-order valence-corrected chi connectivity index (χ4v) is 3.84. The number of piperidine rings is 1. The number of carbonyl (C=O) groups is 2. The summed E-state index contributed by atoms with van der Waals surface area (Å²) < 4.78 is 1.77. The quantitative estimate of drug-likeness (QED) is 0.839. The molecule has 27 heavy (non-hydrogen) atoms. The SMILES string of the molecule is Cl.O=C1CCCN1c1cccc(NC(=O)C2(n3cccn3)CCNCC2)c1. The maximum Gasteiger partial charge on any atom is 0.252 e. The molecule has 1 aromatic heterocycles. The summed E-state index contributed by atoms with van der Waals surface area (Å²) in [5.41, 5.74) is 0.856. The van der Waals surface area contributed by atoms with E-state index in [1.165, 1.54) is 0 Å². The van der Waals surface area contributed by atoms with Gasteiger partial charge in [0.1, 0.15) is 5.54 Å². The van der Waals surface area contributed by atoms with E-state index in [1.807, 2.05) is 36.5 Å². The lowest BCUT2D eigenvalue weighted by Crippen LogP contribution is -2.52. The minimum atomic E-state index is -0.686. The number of rotatable bonds is 4. The number of halogens is 1. The number of nitrogens with one attached hydrogen (secondary N) is 2. The van der Waals surface area contributed by atoms with E-state index in [-0.39, 0.29) is 24.2 Å². The Bertz CT molecular complexity index is 802. The van der Waals surface area contributed by atoms with Gasteiger partial charge in [-0.2, -0.15) is 5.10 Å². The molecule has 144 valence electrons. The van der Waals surface area contributed by atoms with Gasteiger partial charge in [0.05, 0.1) is 0 Å². The summed E-state index contributed by atoms with van der Waals surface area (Å²) in [6.45, 7) is 2.28. The van der Waals surface area contributed by atoms with E-state index in [0.717, 1.165) is 31.7 Å². The lowest BCUT2D eigenvalue weighted by Gasteiger charge is -2.36. The molecule has 4 rings (SSSR count). The van der Waals surface area contributed by atoms with E-state index >= 15 is 0 Å². The summed E-state index contributed by atoms with van der Waals surface area (Å²) >= 11 is 0. The Hall–Kier alpha value is -2.38. The molecule has 2 aliphatic rings. The van der Waals surface area contributed by atoms with Gasteiger partial charge in [0.2, 0.25) is 5.91 Å². The minimum Gasteiger partial charge on any atom is -0.324 e. The summed E-state index contributed by atoms with van der Waals surface area (Å²) in [7, 11) is 0. The zero-order valence-corrected chi connectivity index (χ0v) is 15.9. The second-order valence-corrected chi connectivity index (χ2v) is 6.89.